The molecule has 0 heterocycles. The highest BCUT2D eigenvalue weighted by atomic mass is 17.2. The molecule has 108 valence electrons. The van der Waals surface area contributed by atoms with Crippen molar-refractivity contribution >= 4 is 0 Å². The molecule has 0 aliphatic heterocycles. The van der Waals surface area contributed by atoms with Gasteiger partial charge in [0.1, 0.15) is 12.2 Å². The van der Waals surface area contributed by atoms with Crippen LogP contribution in [0.1, 0.15) is 67.2 Å². The number of rotatable bonds is 5. The predicted octanol–water partition coefficient (Wildman–Crippen LogP) is 3.79. The van der Waals surface area contributed by atoms with Crippen LogP contribution in [-0.4, -0.2) is 23.4 Å². The van der Waals surface area contributed by atoms with Crippen LogP contribution in [0.3, 0.4) is 0 Å². The summed E-state index contributed by atoms with van der Waals surface area (Å²) < 4.78 is 0. The van der Waals surface area contributed by atoms with Crippen molar-refractivity contribution in [1.29, 1.82) is 0 Å². The van der Waals surface area contributed by atoms with E-state index in [9.17, 15) is 0 Å². The molecular formula is C14H28O4. The van der Waals surface area contributed by atoms with Crippen molar-refractivity contribution in [3.05, 3.63) is 0 Å². The molecule has 0 aromatic heterocycles. The molecule has 0 radical (unpaired) electrons. The first-order chi connectivity index (χ1) is 8.12. The van der Waals surface area contributed by atoms with Crippen LogP contribution in [0.2, 0.25) is 0 Å². The fourth-order valence-corrected chi connectivity index (χ4v) is 1.80. The van der Waals surface area contributed by atoms with Crippen LogP contribution in [0.5, 0.6) is 0 Å². The Morgan fingerprint density at radius 2 is 1.33 bits per heavy atom. The van der Waals surface area contributed by atoms with Gasteiger partial charge in [-0.2, -0.15) is 0 Å². The third-order valence-corrected chi connectivity index (χ3v) is 2.61. The number of hydrogen-bond donors (Lipinski definition) is 0. The normalized spacial score (nSPS) is 20.3. The monoisotopic (exact) mass is 260 g/mol. The minimum atomic E-state index is -0.349. The van der Waals surface area contributed by atoms with Gasteiger partial charge in [-0.15, -0.1) is 0 Å². The van der Waals surface area contributed by atoms with E-state index in [1.807, 2.05) is 41.5 Å². The highest BCUT2D eigenvalue weighted by molar-refractivity contribution is 4.85. The summed E-state index contributed by atoms with van der Waals surface area (Å²) in [7, 11) is 0. The van der Waals surface area contributed by atoms with E-state index in [0.717, 1.165) is 25.7 Å². The molecule has 1 saturated carbocycles. The largest absolute Gasteiger partial charge is 0.233 e. The zero-order valence-electron chi connectivity index (χ0n) is 12.7. The lowest BCUT2D eigenvalue weighted by atomic mass is 10.0. The minimum absolute atomic E-state index is 0.301. The maximum absolute atomic E-state index is 5.66. The molecular weight excluding hydrogens is 232 g/mol. The van der Waals surface area contributed by atoms with E-state index in [0.29, 0.717) is 6.61 Å². The maximum Gasteiger partial charge on any atom is 0.130 e. The van der Waals surface area contributed by atoms with Crippen LogP contribution in [-0.2, 0) is 19.6 Å². The molecule has 4 nitrogen and oxygen atoms in total. The topological polar surface area (TPSA) is 36.9 Å². The molecule has 0 bridgehead atoms. The summed E-state index contributed by atoms with van der Waals surface area (Å²) in [4.78, 5) is 21.8. The zero-order valence-corrected chi connectivity index (χ0v) is 12.7. The molecule has 0 amide bonds. The van der Waals surface area contributed by atoms with Crippen LogP contribution in [0.25, 0.3) is 0 Å². The highest BCUT2D eigenvalue weighted by Gasteiger charge is 2.39. The van der Waals surface area contributed by atoms with E-state index in [2.05, 4.69) is 0 Å². The maximum atomic E-state index is 5.66. The first kappa shape index (κ1) is 15.9. The van der Waals surface area contributed by atoms with Crippen LogP contribution in [0, 0.1) is 0 Å². The molecule has 18 heavy (non-hydrogen) atoms. The molecule has 0 atom stereocenters. The van der Waals surface area contributed by atoms with E-state index in [1.165, 1.54) is 0 Å². The average Bonchev–Trinajstić information content (AvgIpc) is 2.61. The van der Waals surface area contributed by atoms with Crippen molar-refractivity contribution in [2.45, 2.75) is 84.0 Å². The molecule has 0 aromatic carbocycles. The summed E-state index contributed by atoms with van der Waals surface area (Å²) in [5.74, 6) is 0. The van der Waals surface area contributed by atoms with Crippen molar-refractivity contribution < 1.29 is 19.6 Å². The predicted molar refractivity (Wildman–Crippen MR) is 69.9 cm³/mol. The van der Waals surface area contributed by atoms with E-state index in [1.54, 1.807) is 0 Å². The van der Waals surface area contributed by atoms with E-state index < -0.39 is 0 Å². The lowest BCUT2D eigenvalue weighted by Crippen LogP contribution is -2.39. The Balaban J connectivity index is 2.43. The van der Waals surface area contributed by atoms with E-state index >= 15 is 0 Å². The molecule has 0 saturated heterocycles. The second-order valence-corrected chi connectivity index (χ2v) is 7.13. The standard InChI is InChI=1S/C14H28O4/c1-12(2,3)16-15-11-14(9-7-8-10-14)18-17-13(4,5)6/h7-11H2,1-6H3. The summed E-state index contributed by atoms with van der Waals surface area (Å²) in [5, 5.41) is 0. The van der Waals surface area contributed by atoms with Gasteiger partial charge in [0.05, 0.1) is 11.2 Å². The Kier molecular flexibility index (Phi) is 5.18. The zero-order chi connectivity index (χ0) is 13.9. The van der Waals surface area contributed by atoms with E-state index in [-0.39, 0.29) is 16.8 Å². The van der Waals surface area contributed by atoms with Gasteiger partial charge in [0.25, 0.3) is 0 Å². The summed E-state index contributed by atoms with van der Waals surface area (Å²) >= 11 is 0. The van der Waals surface area contributed by atoms with Crippen molar-refractivity contribution in [1.82, 2.24) is 0 Å². The van der Waals surface area contributed by atoms with Crippen molar-refractivity contribution in [2.24, 2.45) is 0 Å². The minimum Gasteiger partial charge on any atom is -0.233 e. The summed E-state index contributed by atoms with van der Waals surface area (Å²) in [6.45, 7) is 12.2. The second kappa shape index (κ2) is 5.87. The van der Waals surface area contributed by atoms with Crippen LogP contribution in [0.4, 0.5) is 0 Å². The third kappa shape index (κ3) is 6.14. The fraction of sp³-hybridized carbons (Fsp3) is 1.00. The van der Waals surface area contributed by atoms with Gasteiger partial charge in [-0.3, -0.25) is 0 Å². The fourth-order valence-electron chi connectivity index (χ4n) is 1.80. The highest BCUT2D eigenvalue weighted by Crippen LogP contribution is 2.35. The van der Waals surface area contributed by atoms with Crippen LogP contribution >= 0.6 is 0 Å². The lowest BCUT2D eigenvalue weighted by Gasteiger charge is -2.31. The first-order valence-electron chi connectivity index (χ1n) is 6.80. The van der Waals surface area contributed by atoms with Gasteiger partial charge in [-0.1, -0.05) is 12.8 Å². The summed E-state index contributed by atoms with van der Waals surface area (Å²) in [6, 6.07) is 0. The SMILES string of the molecule is CC(C)(C)OOCC1(OOC(C)(C)C)CCCC1. The van der Waals surface area contributed by atoms with Crippen LogP contribution in [0.15, 0.2) is 0 Å². The lowest BCUT2D eigenvalue weighted by molar-refractivity contribution is -0.436. The van der Waals surface area contributed by atoms with Gasteiger partial charge in [0.15, 0.2) is 0 Å². The van der Waals surface area contributed by atoms with Gasteiger partial charge >= 0.3 is 0 Å². The Bertz CT molecular complexity index is 244. The Morgan fingerprint density at radius 3 is 1.78 bits per heavy atom. The van der Waals surface area contributed by atoms with Gasteiger partial charge in [0, 0.05) is 0 Å². The second-order valence-electron chi connectivity index (χ2n) is 7.13. The molecule has 0 N–H and O–H groups in total. The smallest absolute Gasteiger partial charge is 0.130 e. The summed E-state index contributed by atoms with van der Waals surface area (Å²) in [6.07, 6.45) is 4.20. The molecule has 0 aromatic rings. The average molecular weight is 260 g/mol. The van der Waals surface area contributed by atoms with Crippen LogP contribution < -0.4 is 0 Å². The quantitative estimate of drug-likeness (QED) is 0.556. The van der Waals surface area contributed by atoms with Gasteiger partial charge in [0.2, 0.25) is 0 Å². The molecule has 0 unspecified atom stereocenters. The molecule has 1 fully saturated rings. The van der Waals surface area contributed by atoms with Crippen molar-refractivity contribution in [2.75, 3.05) is 6.61 Å². The van der Waals surface area contributed by atoms with Crippen molar-refractivity contribution in [3.8, 4) is 0 Å². The third-order valence-electron chi connectivity index (χ3n) is 2.61. The van der Waals surface area contributed by atoms with Gasteiger partial charge in [-0.05, 0) is 54.4 Å². The van der Waals surface area contributed by atoms with Gasteiger partial charge in [-0.25, -0.2) is 19.6 Å². The number of hydrogen-bond acceptors (Lipinski definition) is 4. The Hall–Kier alpha value is -0.160. The summed E-state index contributed by atoms with van der Waals surface area (Å²) in [5.41, 5.74) is -0.955. The van der Waals surface area contributed by atoms with E-state index in [4.69, 9.17) is 19.6 Å². The molecule has 1 aliphatic carbocycles. The molecule has 1 aliphatic rings. The first-order valence-corrected chi connectivity index (χ1v) is 6.80. The van der Waals surface area contributed by atoms with Crippen molar-refractivity contribution in [3.63, 3.8) is 0 Å². The Morgan fingerprint density at radius 1 is 0.833 bits per heavy atom. The molecule has 0 spiro atoms. The Labute approximate surface area is 111 Å². The van der Waals surface area contributed by atoms with Gasteiger partial charge < -0.3 is 0 Å². The molecule has 1 rings (SSSR count). The molecule has 4 heteroatoms.